The summed E-state index contributed by atoms with van der Waals surface area (Å²) in [5.41, 5.74) is 1.02. The van der Waals surface area contributed by atoms with Gasteiger partial charge in [0.2, 0.25) is 5.91 Å². The maximum absolute atomic E-state index is 12.9. The predicted octanol–water partition coefficient (Wildman–Crippen LogP) is 4.79. The molecule has 0 bridgehead atoms. The van der Waals surface area contributed by atoms with Crippen molar-refractivity contribution in [3.8, 4) is 0 Å². The second-order valence-electron chi connectivity index (χ2n) is 6.30. The van der Waals surface area contributed by atoms with Crippen LogP contribution in [0.3, 0.4) is 0 Å². The van der Waals surface area contributed by atoms with Gasteiger partial charge in [-0.25, -0.2) is 0 Å². The van der Waals surface area contributed by atoms with Crippen molar-refractivity contribution < 1.29 is 14.4 Å². The zero-order chi connectivity index (χ0) is 19.6. The Kier molecular flexibility index (Phi) is 5.82. The lowest BCUT2D eigenvalue weighted by atomic mass is 10.1. The lowest BCUT2D eigenvalue weighted by molar-refractivity contribution is -0.120. The van der Waals surface area contributed by atoms with Crippen LogP contribution in [-0.4, -0.2) is 28.7 Å². The van der Waals surface area contributed by atoms with Crippen LogP contribution < -0.4 is 5.32 Å². The SMILES string of the molecule is CCCC[C@H](C(=O)Nc1ccc(Cl)cc1Cl)N1C(=O)c2ccccc2C1=O. The molecular formula is C20H18Cl2N2O3. The number of nitrogens with zero attached hydrogens (tertiary/aromatic N) is 1. The molecule has 0 radical (unpaired) electrons. The molecule has 1 aliphatic heterocycles. The molecule has 2 aromatic carbocycles. The van der Waals surface area contributed by atoms with Gasteiger partial charge in [-0.3, -0.25) is 19.3 Å². The molecule has 3 rings (SSSR count). The highest BCUT2D eigenvalue weighted by molar-refractivity contribution is 6.36. The average molecular weight is 405 g/mol. The largest absolute Gasteiger partial charge is 0.323 e. The summed E-state index contributed by atoms with van der Waals surface area (Å²) in [5.74, 6) is -1.36. The highest BCUT2D eigenvalue weighted by atomic mass is 35.5. The molecule has 0 saturated carbocycles. The van der Waals surface area contributed by atoms with E-state index in [1.807, 2.05) is 6.92 Å². The molecule has 1 aliphatic rings. The van der Waals surface area contributed by atoms with E-state index >= 15 is 0 Å². The van der Waals surface area contributed by atoms with E-state index in [1.165, 1.54) is 6.07 Å². The predicted molar refractivity (Wildman–Crippen MR) is 105 cm³/mol. The molecule has 2 aromatic rings. The fourth-order valence-corrected chi connectivity index (χ4v) is 3.53. The fraction of sp³-hybridized carbons (Fsp3) is 0.250. The highest BCUT2D eigenvalue weighted by Crippen LogP contribution is 2.29. The molecule has 0 unspecified atom stereocenters. The van der Waals surface area contributed by atoms with E-state index < -0.39 is 23.8 Å². The number of hydrogen-bond donors (Lipinski definition) is 1. The summed E-state index contributed by atoms with van der Waals surface area (Å²) in [4.78, 5) is 39.5. The van der Waals surface area contributed by atoms with Gasteiger partial charge in [-0.05, 0) is 36.8 Å². The summed E-state index contributed by atoms with van der Waals surface area (Å²) in [6.07, 6.45) is 1.90. The topological polar surface area (TPSA) is 66.5 Å². The molecule has 0 spiro atoms. The maximum atomic E-state index is 12.9. The molecule has 1 heterocycles. The third kappa shape index (κ3) is 3.84. The number of imide groups is 1. The molecule has 27 heavy (non-hydrogen) atoms. The quantitative estimate of drug-likeness (QED) is 0.703. The van der Waals surface area contributed by atoms with Crippen LogP contribution in [0.2, 0.25) is 10.0 Å². The lowest BCUT2D eigenvalue weighted by Gasteiger charge is -2.25. The Morgan fingerprint density at radius 2 is 1.70 bits per heavy atom. The summed E-state index contributed by atoms with van der Waals surface area (Å²) in [6.45, 7) is 1.98. The minimum Gasteiger partial charge on any atom is -0.323 e. The molecule has 3 amide bonds. The Bertz CT molecular complexity index is 879. The maximum Gasteiger partial charge on any atom is 0.262 e. The van der Waals surface area contributed by atoms with E-state index in [1.54, 1.807) is 36.4 Å². The van der Waals surface area contributed by atoms with E-state index in [0.717, 1.165) is 11.3 Å². The van der Waals surface area contributed by atoms with Crippen LogP contribution in [-0.2, 0) is 4.79 Å². The Morgan fingerprint density at radius 3 is 2.26 bits per heavy atom. The van der Waals surface area contributed by atoms with Gasteiger partial charge < -0.3 is 5.32 Å². The van der Waals surface area contributed by atoms with Crippen molar-refractivity contribution in [1.29, 1.82) is 0 Å². The summed E-state index contributed by atoms with van der Waals surface area (Å²) in [5, 5.41) is 3.45. The van der Waals surface area contributed by atoms with Gasteiger partial charge in [-0.2, -0.15) is 0 Å². The van der Waals surface area contributed by atoms with Gasteiger partial charge in [0.05, 0.1) is 21.8 Å². The molecule has 7 heteroatoms. The van der Waals surface area contributed by atoms with E-state index in [0.29, 0.717) is 34.7 Å². The van der Waals surface area contributed by atoms with Crippen LogP contribution in [0, 0.1) is 0 Å². The number of halogens is 2. The van der Waals surface area contributed by atoms with Crippen molar-refractivity contribution in [1.82, 2.24) is 4.90 Å². The molecule has 0 saturated heterocycles. The molecule has 5 nitrogen and oxygen atoms in total. The number of unbranched alkanes of at least 4 members (excludes halogenated alkanes) is 1. The van der Waals surface area contributed by atoms with Crippen molar-refractivity contribution in [3.05, 3.63) is 63.6 Å². The van der Waals surface area contributed by atoms with E-state index in [-0.39, 0.29) is 5.02 Å². The Balaban J connectivity index is 1.89. The van der Waals surface area contributed by atoms with Crippen LogP contribution in [0.5, 0.6) is 0 Å². The number of rotatable bonds is 6. The number of fused-ring (bicyclic) bond motifs is 1. The standard InChI is InChI=1S/C20H18Cl2N2O3/c1-2-3-8-17(18(25)23-16-10-9-12(21)11-15(16)22)24-19(26)13-6-4-5-7-14(13)20(24)27/h4-7,9-11,17H,2-3,8H2,1H3,(H,23,25)/t17-/m1/s1. The van der Waals surface area contributed by atoms with Crippen molar-refractivity contribution in [3.63, 3.8) is 0 Å². The number of hydrogen-bond acceptors (Lipinski definition) is 3. The van der Waals surface area contributed by atoms with Gasteiger partial charge in [0, 0.05) is 5.02 Å². The zero-order valence-electron chi connectivity index (χ0n) is 14.7. The van der Waals surface area contributed by atoms with Crippen LogP contribution in [0.15, 0.2) is 42.5 Å². The van der Waals surface area contributed by atoms with Gasteiger partial charge in [0.1, 0.15) is 6.04 Å². The molecule has 0 aromatic heterocycles. The first-order chi connectivity index (χ1) is 12.9. The summed E-state index contributed by atoms with van der Waals surface area (Å²) >= 11 is 12.0. The van der Waals surface area contributed by atoms with Crippen molar-refractivity contribution in [2.24, 2.45) is 0 Å². The Hall–Kier alpha value is -2.37. The molecule has 1 N–H and O–H groups in total. The Labute approximate surface area is 167 Å². The van der Waals surface area contributed by atoms with Gasteiger partial charge in [0.25, 0.3) is 11.8 Å². The molecule has 140 valence electrons. The third-order valence-electron chi connectivity index (χ3n) is 4.46. The highest BCUT2D eigenvalue weighted by Gasteiger charge is 2.42. The average Bonchev–Trinajstić information content (AvgIpc) is 2.90. The molecule has 1 atom stereocenters. The molecular weight excluding hydrogens is 387 g/mol. The monoisotopic (exact) mass is 404 g/mol. The first-order valence-electron chi connectivity index (χ1n) is 8.67. The Morgan fingerprint density at radius 1 is 1.07 bits per heavy atom. The number of anilines is 1. The minimum atomic E-state index is -0.913. The normalized spacial score (nSPS) is 14.3. The first-order valence-corrected chi connectivity index (χ1v) is 9.42. The van der Waals surface area contributed by atoms with Gasteiger partial charge in [-0.1, -0.05) is 55.1 Å². The van der Waals surface area contributed by atoms with E-state index in [4.69, 9.17) is 23.2 Å². The van der Waals surface area contributed by atoms with Gasteiger partial charge in [-0.15, -0.1) is 0 Å². The van der Waals surface area contributed by atoms with Crippen molar-refractivity contribution in [2.45, 2.75) is 32.2 Å². The number of amides is 3. The minimum absolute atomic E-state index is 0.285. The number of carbonyl (C=O) groups is 3. The molecule has 0 fully saturated rings. The van der Waals surface area contributed by atoms with E-state index in [2.05, 4.69) is 5.32 Å². The molecule has 0 aliphatic carbocycles. The third-order valence-corrected chi connectivity index (χ3v) is 5.01. The second-order valence-corrected chi connectivity index (χ2v) is 7.14. The number of nitrogens with one attached hydrogen (secondary N) is 1. The van der Waals surface area contributed by atoms with Crippen LogP contribution in [0.25, 0.3) is 0 Å². The number of benzene rings is 2. The van der Waals surface area contributed by atoms with E-state index in [9.17, 15) is 14.4 Å². The van der Waals surface area contributed by atoms with Crippen LogP contribution in [0.1, 0.15) is 46.9 Å². The van der Waals surface area contributed by atoms with Crippen LogP contribution in [0.4, 0.5) is 5.69 Å². The van der Waals surface area contributed by atoms with Crippen molar-refractivity contribution in [2.75, 3.05) is 5.32 Å². The van der Waals surface area contributed by atoms with Gasteiger partial charge >= 0.3 is 0 Å². The zero-order valence-corrected chi connectivity index (χ0v) is 16.2. The summed E-state index contributed by atoms with van der Waals surface area (Å²) in [7, 11) is 0. The second kappa shape index (κ2) is 8.11. The van der Waals surface area contributed by atoms with Crippen molar-refractivity contribution >= 4 is 46.6 Å². The summed E-state index contributed by atoms with van der Waals surface area (Å²) < 4.78 is 0. The smallest absolute Gasteiger partial charge is 0.262 e. The summed E-state index contributed by atoms with van der Waals surface area (Å²) in [6, 6.07) is 10.4. The van der Waals surface area contributed by atoms with Gasteiger partial charge in [0.15, 0.2) is 0 Å². The first kappa shape index (κ1) is 19.4. The lowest BCUT2D eigenvalue weighted by Crippen LogP contribution is -2.47. The fourth-order valence-electron chi connectivity index (χ4n) is 3.07. The van der Waals surface area contributed by atoms with Crippen LogP contribution >= 0.6 is 23.2 Å². The number of carbonyl (C=O) groups excluding carboxylic acids is 3.